The average Bonchev–Trinajstić information content (AvgIpc) is 2.62. The summed E-state index contributed by atoms with van der Waals surface area (Å²) in [7, 11) is -3.04. The van der Waals surface area contributed by atoms with Crippen molar-refractivity contribution in [3.8, 4) is 0 Å². The Balaban J connectivity index is 3.22. The topological polar surface area (TPSA) is 145 Å². The Morgan fingerprint density at radius 3 is 2.38 bits per heavy atom. The monoisotopic (exact) mass is 441 g/mol. The first kappa shape index (κ1) is 24.4. The van der Waals surface area contributed by atoms with Gasteiger partial charge in [0.2, 0.25) is 6.29 Å². The first-order valence-corrected chi connectivity index (χ1v) is 12.6. The van der Waals surface area contributed by atoms with Crippen LogP contribution in [0.4, 0.5) is 0 Å². The van der Waals surface area contributed by atoms with Gasteiger partial charge in [-0.3, -0.25) is 0 Å². The number of ether oxygens (including phenoxy) is 2. The molecule has 1 aliphatic heterocycles. The first-order chi connectivity index (χ1) is 12.3. The molecule has 0 radical (unpaired) electrons. The number of morpholine rings is 1. The minimum Gasteiger partial charge on any atom is -0.351 e. The number of hydrogen-bond acceptors (Lipinski definition) is 11. The van der Waals surface area contributed by atoms with E-state index in [0.29, 0.717) is 11.4 Å². The molecule has 1 heterocycles. The van der Waals surface area contributed by atoms with Crippen molar-refractivity contribution in [2.24, 2.45) is 5.73 Å². The molecule has 0 bridgehead atoms. The van der Waals surface area contributed by atoms with E-state index < -0.39 is 25.3 Å². The van der Waals surface area contributed by atoms with Crippen LogP contribution < -0.4 is 5.73 Å². The molecule has 0 aromatic rings. The lowest BCUT2D eigenvalue weighted by Gasteiger charge is -2.41. The third-order valence-corrected chi connectivity index (χ3v) is 8.09. The average molecular weight is 441 g/mol. The lowest BCUT2D eigenvalue weighted by molar-refractivity contribution is -1.01. The van der Waals surface area contributed by atoms with Gasteiger partial charge in [0, 0.05) is 19.4 Å². The summed E-state index contributed by atoms with van der Waals surface area (Å²) in [5, 5.41) is 0. The van der Waals surface area contributed by atoms with E-state index in [1.165, 1.54) is 7.11 Å². The molecule has 0 aromatic carbocycles. The highest BCUT2D eigenvalue weighted by Gasteiger charge is 2.63. The zero-order valence-corrected chi connectivity index (χ0v) is 17.6. The number of methoxy groups -OCH3 is 1. The van der Waals surface area contributed by atoms with Crippen molar-refractivity contribution in [1.82, 2.24) is 0 Å². The van der Waals surface area contributed by atoms with Gasteiger partial charge < -0.3 is 20.1 Å². The fraction of sp³-hybridized carbons (Fsp3) is 1.00. The lowest BCUT2D eigenvalue weighted by Crippen LogP contribution is -2.55. The van der Waals surface area contributed by atoms with Crippen LogP contribution in [-0.2, 0) is 42.4 Å². The highest BCUT2D eigenvalue weighted by atomic mass is 32.7. The second kappa shape index (κ2) is 11.4. The highest BCUT2D eigenvalue weighted by molar-refractivity contribution is 8.54. The Morgan fingerprint density at radius 1 is 1.27 bits per heavy atom. The van der Waals surface area contributed by atoms with E-state index in [4.69, 9.17) is 39.0 Å². The van der Waals surface area contributed by atoms with E-state index in [2.05, 4.69) is 0 Å². The highest BCUT2D eigenvalue weighted by Crippen LogP contribution is 2.67. The van der Waals surface area contributed by atoms with Gasteiger partial charge in [-0.2, -0.15) is 4.57 Å². The van der Waals surface area contributed by atoms with Crippen LogP contribution in [0.25, 0.3) is 0 Å². The molecular weight excluding hydrogens is 414 g/mol. The van der Waals surface area contributed by atoms with Gasteiger partial charge in [0.05, 0.1) is 13.2 Å². The minimum absolute atomic E-state index is 0.00494. The summed E-state index contributed by atoms with van der Waals surface area (Å²) in [4.78, 5) is 19.8. The summed E-state index contributed by atoms with van der Waals surface area (Å²) in [6.45, 7) is -1.24. The SMILES string of the molecule is CCOOP(=O)(OOCC)[N+]1(OP(=O)(O)SCCN)CCOC(OC)C1. The maximum Gasteiger partial charge on any atom is 0.619 e. The van der Waals surface area contributed by atoms with Gasteiger partial charge in [0.25, 0.3) is 0 Å². The minimum atomic E-state index is -4.40. The third-order valence-electron chi connectivity index (χ3n) is 3.05. The van der Waals surface area contributed by atoms with Gasteiger partial charge >= 0.3 is 14.5 Å². The molecule has 156 valence electrons. The molecule has 1 saturated heterocycles. The summed E-state index contributed by atoms with van der Waals surface area (Å²) in [5.74, 6) is 0.154. The van der Waals surface area contributed by atoms with Crippen molar-refractivity contribution in [2.75, 3.05) is 52.3 Å². The molecule has 3 N–H and O–H groups in total. The molecule has 0 amide bonds. The summed E-state index contributed by atoms with van der Waals surface area (Å²) in [6.07, 6.45) is -0.882. The molecule has 1 fully saturated rings. The zero-order chi connectivity index (χ0) is 19.7. The number of hydroxylamine groups is 2. The molecule has 12 nitrogen and oxygen atoms in total. The molecule has 0 aromatic heterocycles. The molecular formula is C11H27N2O10P2S+. The summed E-state index contributed by atoms with van der Waals surface area (Å²) < 4.78 is 50.6. The van der Waals surface area contributed by atoms with E-state index in [0.717, 1.165) is 0 Å². The van der Waals surface area contributed by atoms with Gasteiger partial charge in [-0.1, -0.05) is 18.4 Å². The van der Waals surface area contributed by atoms with Crippen molar-refractivity contribution in [3.63, 3.8) is 0 Å². The third kappa shape index (κ3) is 6.78. The molecule has 0 saturated carbocycles. The number of nitrogens with two attached hydrogens (primary N) is 1. The Morgan fingerprint density at radius 2 is 1.88 bits per heavy atom. The van der Waals surface area contributed by atoms with Crippen LogP contribution in [0, 0.1) is 0 Å². The number of rotatable bonds is 13. The second-order valence-corrected chi connectivity index (χ2v) is 10.8. The van der Waals surface area contributed by atoms with E-state index >= 15 is 0 Å². The molecule has 1 rings (SSSR count). The van der Waals surface area contributed by atoms with Gasteiger partial charge in [-0.25, -0.2) is 14.3 Å². The first-order valence-electron chi connectivity index (χ1n) is 7.91. The van der Waals surface area contributed by atoms with E-state index in [-0.39, 0.29) is 45.2 Å². The number of quaternary nitrogens is 1. The smallest absolute Gasteiger partial charge is 0.351 e. The standard InChI is InChI=1S/C11H26N2O10P2S/c1-4-19-22-24(14,23-20-5-2)13(7-8-18-11(10-13)17-3)21-25(15,16)26-9-6-12/h11H,4-10,12H2,1-3H3/p+1. The summed E-state index contributed by atoms with van der Waals surface area (Å²) in [6, 6.07) is 0. The molecule has 3 atom stereocenters. The molecule has 0 aliphatic carbocycles. The van der Waals surface area contributed by atoms with Crippen molar-refractivity contribution < 1.29 is 51.7 Å². The Hall–Kier alpha value is 0.410. The Kier molecular flexibility index (Phi) is 10.7. The Bertz CT molecular complexity index is 503. The van der Waals surface area contributed by atoms with Crippen LogP contribution in [0.5, 0.6) is 0 Å². The van der Waals surface area contributed by atoms with Crippen LogP contribution in [0.1, 0.15) is 13.8 Å². The largest absolute Gasteiger partial charge is 0.619 e. The molecule has 1 aliphatic rings. The fourth-order valence-electron chi connectivity index (χ4n) is 1.94. The summed E-state index contributed by atoms with van der Waals surface area (Å²) in [5.41, 5.74) is 5.36. The lowest BCUT2D eigenvalue weighted by atomic mass is 10.5. The maximum atomic E-state index is 13.4. The van der Waals surface area contributed by atoms with E-state index in [1.807, 2.05) is 0 Å². The summed E-state index contributed by atoms with van der Waals surface area (Å²) >= 11 is 0.596. The van der Waals surface area contributed by atoms with Gasteiger partial charge in [-0.15, -0.1) is 0 Å². The van der Waals surface area contributed by atoms with Crippen molar-refractivity contribution in [1.29, 1.82) is 0 Å². The molecule has 26 heavy (non-hydrogen) atoms. The van der Waals surface area contributed by atoms with Gasteiger partial charge in [-0.05, 0) is 25.2 Å². The van der Waals surface area contributed by atoms with Gasteiger partial charge in [0.15, 0.2) is 6.54 Å². The second-order valence-electron chi connectivity index (χ2n) is 4.89. The van der Waals surface area contributed by atoms with Crippen LogP contribution in [0.2, 0.25) is 0 Å². The predicted octanol–water partition coefficient (Wildman–Crippen LogP) is 1.57. The van der Waals surface area contributed by atoms with Gasteiger partial charge in [0.1, 0.15) is 13.2 Å². The molecule has 3 unspecified atom stereocenters. The normalized spacial score (nSPS) is 26.6. The fourth-order valence-corrected chi connectivity index (χ4v) is 6.60. The Labute approximate surface area is 156 Å². The molecule has 15 heteroatoms. The zero-order valence-electron chi connectivity index (χ0n) is 15.0. The van der Waals surface area contributed by atoms with Crippen LogP contribution >= 0.6 is 25.9 Å². The van der Waals surface area contributed by atoms with E-state index in [9.17, 15) is 14.0 Å². The number of nitrogens with zero attached hydrogens (tertiary/aromatic N) is 1. The van der Waals surface area contributed by atoms with Crippen LogP contribution in [0.15, 0.2) is 0 Å². The maximum absolute atomic E-state index is 13.4. The van der Waals surface area contributed by atoms with Crippen molar-refractivity contribution >= 4 is 25.9 Å². The predicted molar refractivity (Wildman–Crippen MR) is 92.2 cm³/mol. The van der Waals surface area contributed by atoms with E-state index in [1.54, 1.807) is 13.8 Å². The van der Waals surface area contributed by atoms with Crippen molar-refractivity contribution in [2.45, 2.75) is 20.1 Å². The number of hydrogen-bond donors (Lipinski definition) is 2. The van der Waals surface area contributed by atoms with Crippen molar-refractivity contribution in [3.05, 3.63) is 0 Å². The molecule has 0 spiro atoms. The van der Waals surface area contributed by atoms with Crippen LogP contribution in [-0.4, -0.2) is 67.9 Å². The quantitative estimate of drug-likeness (QED) is 0.243. The van der Waals surface area contributed by atoms with Crippen LogP contribution in [0.3, 0.4) is 0 Å².